The molecule has 2 aliphatic rings. The molecule has 2 N–H and O–H groups in total. The molecular weight excluding hydrogens is 534 g/mol. The van der Waals surface area contributed by atoms with Crippen molar-refractivity contribution in [2.45, 2.75) is 57.1 Å². The van der Waals surface area contributed by atoms with Gasteiger partial charge in [-0.05, 0) is 83.7 Å². The maximum atomic E-state index is 11.3. The lowest BCUT2D eigenvalue weighted by Crippen LogP contribution is -2.06. The molecule has 1 aliphatic carbocycles. The molecule has 7 nitrogen and oxygen atoms in total. The van der Waals surface area contributed by atoms with E-state index >= 15 is 0 Å². The number of aliphatic hydroxyl groups excluding tert-OH is 1. The van der Waals surface area contributed by atoms with Crippen molar-refractivity contribution in [2.24, 2.45) is 0 Å². The number of carbonyl (C=O) groups is 1. The van der Waals surface area contributed by atoms with Gasteiger partial charge in [-0.2, -0.15) is 0 Å². The zero-order valence-electron chi connectivity index (χ0n) is 22.6. The summed E-state index contributed by atoms with van der Waals surface area (Å²) in [6.07, 6.45) is 7.30. The van der Waals surface area contributed by atoms with E-state index in [1.165, 1.54) is 21.6 Å². The van der Waals surface area contributed by atoms with Crippen molar-refractivity contribution in [3.05, 3.63) is 70.4 Å². The van der Waals surface area contributed by atoms with Gasteiger partial charge in [0.2, 0.25) is 5.88 Å². The normalized spacial score (nSPS) is 16.1. The SMILES string of the molecule is CC(=O)O.Cc1cc(OCCCS(C)=O)cc(CO)c1-c1cccc2c1CCC2Oc1cc2c(cn1)CCS2. The van der Waals surface area contributed by atoms with Crippen LogP contribution in [-0.4, -0.2) is 49.7 Å². The van der Waals surface area contributed by atoms with Crippen molar-refractivity contribution in [3.63, 3.8) is 0 Å². The number of aryl methyl sites for hydroxylation is 2. The first-order valence-corrected chi connectivity index (χ1v) is 15.7. The number of carboxylic acid groups (broad SMARTS) is 1. The van der Waals surface area contributed by atoms with E-state index in [1.54, 1.807) is 6.26 Å². The summed E-state index contributed by atoms with van der Waals surface area (Å²) in [5.41, 5.74) is 7.95. The highest BCUT2D eigenvalue weighted by Crippen LogP contribution is 2.43. The molecule has 39 heavy (non-hydrogen) atoms. The fourth-order valence-corrected chi connectivity index (χ4v) is 6.68. The molecule has 0 saturated carbocycles. The highest BCUT2D eigenvalue weighted by molar-refractivity contribution is 7.99. The Hall–Kier alpha value is -2.88. The molecule has 2 aromatic carbocycles. The topological polar surface area (TPSA) is 106 Å². The minimum atomic E-state index is -0.833. The van der Waals surface area contributed by atoms with Gasteiger partial charge >= 0.3 is 0 Å². The van der Waals surface area contributed by atoms with Gasteiger partial charge in [-0.1, -0.05) is 18.2 Å². The molecule has 0 saturated heterocycles. The predicted octanol–water partition coefficient (Wildman–Crippen LogP) is 5.50. The molecule has 2 atom stereocenters. The monoisotopic (exact) mass is 569 g/mol. The van der Waals surface area contributed by atoms with Gasteiger partial charge in [0.15, 0.2) is 0 Å². The Morgan fingerprint density at radius 3 is 2.77 bits per heavy atom. The Labute approximate surface area is 236 Å². The van der Waals surface area contributed by atoms with Gasteiger partial charge in [0, 0.05) is 52.6 Å². The van der Waals surface area contributed by atoms with Gasteiger partial charge in [-0.25, -0.2) is 4.98 Å². The molecule has 0 bridgehead atoms. The number of fused-ring (bicyclic) bond motifs is 2. The maximum absolute atomic E-state index is 11.3. The summed E-state index contributed by atoms with van der Waals surface area (Å²) in [7, 11) is -0.814. The Morgan fingerprint density at radius 1 is 1.23 bits per heavy atom. The molecule has 5 rings (SSSR count). The number of aromatic nitrogens is 1. The second kappa shape index (κ2) is 13.5. The van der Waals surface area contributed by atoms with E-state index in [-0.39, 0.29) is 12.7 Å². The lowest BCUT2D eigenvalue weighted by molar-refractivity contribution is -0.134. The van der Waals surface area contributed by atoms with E-state index in [9.17, 15) is 9.32 Å². The number of hydrogen-bond donors (Lipinski definition) is 2. The smallest absolute Gasteiger partial charge is 0.300 e. The largest absolute Gasteiger partial charge is 0.494 e. The van der Waals surface area contributed by atoms with Gasteiger partial charge in [-0.3, -0.25) is 9.00 Å². The molecule has 0 radical (unpaired) electrons. The number of pyridine rings is 1. The molecular formula is C30H35NO6S2. The van der Waals surface area contributed by atoms with Crippen molar-refractivity contribution in [2.75, 3.05) is 24.4 Å². The molecule has 3 aromatic rings. The number of rotatable bonds is 9. The lowest BCUT2D eigenvalue weighted by atomic mass is 9.90. The summed E-state index contributed by atoms with van der Waals surface area (Å²) in [6, 6.07) is 12.4. The van der Waals surface area contributed by atoms with E-state index in [1.807, 2.05) is 30.1 Å². The Kier molecular flexibility index (Phi) is 10.0. The van der Waals surface area contributed by atoms with Crippen molar-refractivity contribution < 1.29 is 28.7 Å². The second-order valence-corrected chi connectivity index (χ2v) is 12.4. The summed E-state index contributed by atoms with van der Waals surface area (Å²) in [5, 5.41) is 17.6. The minimum absolute atomic E-state index is 0.0218. The summed E-state index contributed by atoms with van der Waals surface area (Å²) in [5.74, 6) is 2.35. The molecule has 0 amide bonds. The van der Waals surface area contributed by atoms with E-state index in [0.717, 1.165) is 66.4 Å². The van der Waals surface area contributed by atoms with Crippen LogP contribution in [0.1, 0.15) is 53.7 Å². The Balaban J connectivity index is 0.000000826. The van der Waals surface area contributed by atoms with Crippen LogP contribution in [0.4, 0.5) is 0 Å². The van der Waals surface area contributed by atoms with Crippen molar-refractivity contribution in [3.8, 4) is 22.8 Å². The average Bonchev–Trinajstić information content (AvgIpc) is 3.53. The first kappa shape index (κ1) is 29.1. The number of aliphatic carboxylic acids is 1. The van der Waals surface area contributed by atoms with Crippen LogP contribution in [0.3, 0.4) is 0 Å². The van der Waals surface area contributed by atoms with Crippen LogP contribution in [0.25, 0.3) is 11.1 Å². The first-order chi connectivity index (χ1) is 18.8. The molecule has 0 spiro atoms. The summed E-state index contributed by atoms with van der Waals surface area (Å²) in [6.45, 7) is 3.60. The highest BCUT2D eigenvalue weighted by atomic mass is 32.2. The maximum Gasteiger partial charge on any atom is 0.300 e. The second-order valence-electron chi connectivity index (χ2n) is 9.68. The van der Waals surface area contributed by atoms with Gasteiger partial charge in [0.25, 0.3) is 5.97 Å². The van der Waals surface area contributed by atoms with Crippen molar-refractivity contribution in [1.29, 1.82) is 0 Å². The third-order valence-electron chi connectivity index (χ3n) is 6.70. The van der Waals surface area contributed by atoms with Crippen LogP contribution in [0.2, 0.25) is 0 Å². The van der Waals surface area contributed by atoms with Gasteiger partial charge in [0.05, 0.1) is 13.2 Å². The van der Waals surface area contributed by atoms with Crippen LogP contribution < -0.4 is 9.47 Å². The summed E-state index contributed by atoms with van der Waals surface area (Å²) < 4.78 is 23.6. The number of nitrogens with zero attached hydrogens (tertiary/aromatic N) is 1. The number of ether oxygens (including phenoxy) is 2. The Morgan fingerprint density at radius 2 is 2.03 bits per heavy atom. The molecule has 9 heteroatoms. The van der Waals surface area contributed by atoms with E-state index in [4.69, 9.17) is 19.4 Å². The van der Waals surface area contributed by atoms with Gasteiger partial charge < -0.3 is 19.7 Å². The average molecular weight is 570 g/mol. The van der Waals surface area contributed by atoms with Gasteiger partial charge in [0.1, 0.15) is 11.9 Å². The molecule has 2 unspecified atom stereocenters. The zero-order chi connectivity index (χ0) is 27.9. The number of hydrogen-bond acceptors (Lipinski definition) is 7. The van der Waals surface area contributed by atoms with Crippen LogP contribution in [0.5, 0.6) is 11.6 Å². The quantitative estimate of drug-likeness (QED) is 0.326. The molecule has 2 heterocycles. The summed E-state index contributed by atoms with van der Waals surface area (Å²) >= 11 is 1.87. The third-order valence-corrected chi connectivity index (χ3v) is 8.66. The van der Waals surface area contributed by atoms with Crippen LogP contribution >= 0.6 is 11.8 Å². The molecule has 1 aromatic heterocycles. The summed E-state index contributed by atoms with van der Waals surface area (Å²) in [4.78, 5) is 14.8. The van der Waals surface area contributed by atoms with Crippen LogP contribution in [0.15, 0.2) is 47.5 Å². The third kappa shape index (κ3) is 7.41. The van der Waals surface area contributed by atoms with E-state index < -0.39 is 16.8 Å². The lowest BCUT2D eigenvalue weighted by Gasteiger charge is -2.19. The van der Waals surface area contributed by atoms with Crippen molar-refractivity contribution in [1.82, 2.24) is 4.98 Å². The fraction of sp³-hybridized carbons (Fsp3) is 0.400. The number of aliphatic hydroxyl groups is 1. The van der Waals surface area contributed by atoms with Gasteiger partial charge in [-0.15, -0.1) is 11.8 Å². The molecule has 208 valence electrons. The van der Waals surface area contributed by atoms with E-state index in [0.29, 0.717) is 18.2 Å². The number of benzene rings is 2. The fourth-order valence-electron chi connectivity index (χ4n) is 5.09. The van der Waals surface area contributed by atoms with Crippen LogP contribution in [0, 0.1) is 6.92 Å². The standard InChI is InChI=1S/C28H31NO4S2.C2H4O2/c1-18-13-21(32-10-4-12-35(2)31)14-20(17-30)28(18)24-6-3-5-23-22(24)7-8-25(23)33-27-15-26-19(16-29-27)9-11-34-26;1-2(3)4/h3,5-6,13-16,25,30H,4,7-12,17H2,1-2H3;1H3,(H,3,4). The minimum Gasteiger partial charge on any atom is -0.494 e. The number of carboxylic acids is 1. The van der Waals surface area contributed by atoms with Crippen LogP contribution in [-0.2, 0) is 35.0 Å². The molecule has 1 aliphatic heterocycles. The Bertz CT molecular complexity index is 1360. The highest BCUT2D eigenvalue weighted by Gasteiger charge is 2.28. The number of thioether (sulfide) groups is 1. The van der Waals surface area contributed by atoms with E-state index in [2.05, 4.69) is 36.2 Å². The molecule has 0 fully saturated rings. The first-order valence-electron chi connectivity index (χ1n) is 13.0. The zero-order valence-corrected chi connectivity index (χ0v) is 24.2. The predicted molar refractivity (Wildman–Crippen MR) is 155 cm³/mol. The van der Waals surface area contributed by atoms with Crippen molar-refractivity contribution >= 4 is 28.5 Å².